The first-order valence-corrected chi connectivity index (χ1v) is 6.75. The Morgan fingerprint density at radius 1 is 1.37 bits per heavy atom. The highest BCUT2D eigenvalue weighted by Gasteiger charge is 2.16. The van der Waals surface area contributed by atoms with Gasteiger partial charge in [-0.05, 0) is 26.5 Å². The molecule has 1 aromatic rings. The number of carbonyl (C=O) groups excluding carboxylic acids is 1. The first-order chi connectivity index (χ1) is 9.08. The SMILES string of the molecule is CCN(CC(O)c1ccc(C)cc1)C(=O)CCNC. The number of benzene rings is 1. The van der Waals surface area contributed by atoms with Crippen molar-refractivity contribution in [3.8, 4) is 0 Å². The Morgan fingerprint density at radius 3 is 2.53 bits per heavy atom. The van der Waals surface area contributed by atoms with Crippen LogP contribution in [0.3, 0.4) is 0 Å². The summed E-state index contributed by atoms with van der Waals surface area (Å²) in [5, 5.41) is 13.1. The fourth-order valence-electron chi connectivity index (χ4n) is 1.90. The van der Waals surface area contributed by atoms with Gasteiger partial charge in [0.2, 0.25) is 5.91 Å². The standard InChI is InChI=1S/C15H24N2O2/c1-4-17(15(19)9-10-16-3)11-14(18)13-7-5-12(2)6-8-13/h5-8,14,16,18H,4,9-11H2,1-3H3. The molecule has 2 N–H and O–H groups in total. The zero-order valence-electron chi connectivity index (χ0n) is 12.0. The first kappa shape index (κ1) is 15.7. The van der Waals surface area contributed by atoms with Crippen molar-refractivity contribution in [2.45, 2.75) is 26.4 Å². The number of rotatable bonds is 7. The Bertz CT molecular complexity index is 390. The van der Waals surface area contributed by atoms with Gasteiger partial charge in [0, 0.05) is 19.5 Å². The predicted octanol–water partition coefficient (Wildman–Crippen LogP) is 1.49. The van der Waals surface area contributed by atoms with Crippen LogP contribution in [0.2, 0.25) is 0 Å². The summed E-state index contributed by atoms with van der Waals surface area (Å²) in [6, 6.07) is 7.76. The molecule has 0 radical (unpaired) electrons. The molecule has 0 spiro atoms. The summed E-state index contributed by atoms with van der Waals surface area (Å²) in [6.45, 7) is 5.57. The number of carbonyl (C=O) groups is 1. The molecule has 0 aliphatic carbocycles. The molecule has 1 atom stereocenters. The Balaban J connectivity index is 2.59. The van der Waals surface area contributed by atoms with E-state index in [9.17, 15) is 9.90 Å². The van der Waals surface area contributed by atoms with Gasteiger partial charge < -0.3 is 15.3 Å². The van der Waals surface area contributed by atoms with E-state index in [0.29, 0.717) is 26.1 Å². The van der Waals surface area contributed by atoms with Crippen molar-refractivity contribution in [2.24, 2.45) is 0 Å². The predicted molar refractivity (Wildman–Crippen MR) is 76.9 cm³/mol. The normalized spacial score (nSPS) is 12.2. The van der Waals surface area contributed by atoms with Crippen LogP contribution in [-0.4, -0.2) is 42.6 Å². The average Bonchev–Trinajstić information content (AvgIpc) is 2.42. The molecule has 4 nitrogen and oxygen atoms in total. The van der Waals surface area contributed by atoms with Gasteiger partial charge in [-0.25, -0.2) is 0 Å². The third-order valence-corrected chi connectivity index (χ3v) is 3.18. The van der Waals surface area contributed by atoms with Crippen LogP contribution < -0.4 is 5.32 Å². The van der Waals surface area contributed by atoms with E-state index in [-0.39, 0.29) is 5.91 Å². The highest BCUT2D eigenvalue weighted by atomic mass is 16.3. The second-order valence-electron chi connectivity index (χ2n) is 4.71. The summed E-state index contributed by atoms with van der Waals surface area (Å²) in [5.74, 6) is 0.0722. The van der Waals surface area contributed by atoms with E-state index in [4.69, 9.17) is 0 Å². The lowest BCUT2D eigenvalue weighted by atomic mass is 10.1. The topological polar surface area (TPSA) is 52.6 Å². The zero-order valence-corrected chi connectivity index (χ0v) is 12.0. The van der Waals surface area contributed by atoms with E-state index in [1.807, 2.05) is 45.2 Å². The molecule has 0 saturated carbocycles. The number of nitrogens with zero attached hydrogens (tertiary/aromatic N) is 1. The van der Waals surface area contributed by atoms with Crippen molar-refractivity contribution in [3.05, 3.63) is 35.4 Å². The summed E-state index contributed by atoms with van der Waals surface area (Å²) in [4.78, 5) is 13.6. The van der Waals surface area contributed by atoms with Crippen LogP contribution >= 0.6 is 0 Å². The quantitative estimate of drug-likeness (QED) is 0.784. The molecule has 1 aromatic carbocycles. The summed E-state index contributed by atoms with van der Waals surface area (Å²) in [6.07, 6.45) is -0.163. The molecule has 0 aromatic heterocycles. The minimum absolute atomic E-state index is 0.0722. The van der Waals surface area contributed by atoms with Crippen LogP contribution in [0.15, 0.2) is 24.3 Å². The van der Waals surface area contributed by atoms with Crippen LogP contribution in [0.5, 0.6) is 0 Å². The molecule has 1 unspecified atom stereocenters. The molecule has 1 rings (SSSR count). The molecule has 0 fully saturated rings. The average molecular weight is 264 g/mol. The van der Waals surface area contributed by atoms with Crippen molar-refractivity contribution < 1.29 is 9.90 Å². The molecule has 4 heteroatoms. The van der Waals surface area contributed by atoms with Crippen molar-refractivity contribution in [1.29, 1.82) is 0 Å². The molecule has 0 bridgehead atoms. The van der Waals surface area contributed by atoms with Gasteiger partial charge in [-0.1, -0.05) is 29.8 Å². The summed E-state index contributed by atoms with van der Waals surface area (Å²) in [7, 11) is 1.82. The molecule has 0 aliphatic rings. The fraction of sp³-hybridized carbons (Fsp3) is 0.533. The number of hydrogen-bond donors (Lipinski definition) is 2. The van der Waals surface area contributed by atoms with Crippen LogP contribution in [0.4, 0.5) is 0 Å². The van der Waals surface area contributed by atoms with Crippen LogP contribution in [0.25, 0.3) is 0 Å². The summed E-state index contributed by atoms with van der Waals surface area (Å²) >= 11 is 0. The van der Waals surface area contributed by atoms with Crippen molar-refractivity contribution in [2.75, 3.05) is 26.7 Å². The maximum Gasteiger partial charge on any atom is 0.223 e. The summed E-state index contributed by atoms with van der Waals surface area (Å²) < 4.78 is 0. The van der Waals surface area contributed by atoms with Gasteiger partial charge in [0.05, 0.1) is 12.6 Å². The number of amides is 1. The van der Waals surface area contributed by atoms with Gasteiger partial charge in [0.15, 0.2) is 0 Å². The lowest BCUT2D eigenvalue weighted by molar-refractivity contribution is -0.132. The Labute approximate surface area is 115 Å². The maximum atomic E-state index is 11.9. The number of nitrogens with one attached hydrogen (secondary N) is 1. The van der Waals surface area contributed by atoms with Crippen LogP contribution in [0.1, 0.15) is 30.6 Å². The molecule has 0 aliphatic heterocycles. The maximum absolute atomic E-state index is 11.9. The Morgan fingerprint density at radius 2 is 2.00 bits per heavy atom. The smallest absolute Gasteiger partial charge is 0.223 e. The van der Waals surface area contributed by atoms with E-state index < -0.39 is 6.10 Å². The van der Waals surface area contributed by atoms with Crippen LogP contribution in [0, 0.1) is 6.92 Å². The fourth-order valence-corrected chi connectivity index (χ4v) is 1.90. The van der Waals surface area contributed by atoms with Gasteiger partial charge in [0.25, 0.3) is 0 Å². The van der Waals surface area contributed by atoms with Crippen LogP contribution in [-0.2, 0) is 4.79 Å². The lowest BCUT2D eigenvalue weighted by Gasteiger charge is -2.24. The minimum atomic E-state index is -0.626. The second kappa shape index (κ2) is 7.92. The molecule has 19 heavy (non-hydrogen) atoms. The summed E-state index contributed by atoms with van der Waals surface area (Å²) in [5.41, 5.74) is 2.01. The van der Waals surface area contributed by atoms with Gasteiger partial charge >= 0.3 is 0 Å². The zero-order chi connectivity index (χ0) is 14.3. The number of aliphatic hydroxyl groups excluding tert-OH is 1. The molecule has 0 heterocycles. The monoisotopic (exact) mass is 264 g/mol. The highest BCUT2D eigenvalue weighted by molar-refractivity contribution is 5.76. The van der Waals surface area contributed by atoms with Crippen molar-refractivity contribution >= 4 is 5.91 Å². The highest BCUT2D eigenvalue weighted by Crippen LogP contribution is 2.15. The Kier molecular flexibility index (Phi) is 6.53. The van der Waals surface area contributed by atoms with E-state index in [1.54, 1.807) is 4.90 Å². The largest absolute Gasteiger partial charge is 0.387 e. The van der Waals surface area contributed by atoms with Gasteiger partial charge in [-0.3, -0.25) is 4.79 Å². The third-order valence-electron chi connectivity index (χ3n) is 3.18. The molecule has 1 amide bonds. The molecular formula is C15H24N2O2. The molecule has 0 saturated heterocycles. The van der Waals surface area contributed by atoms with E-state index in [1.165, 1.54) is 0 Å². The third kappa shape index (κ3) is 5.01. The number of likely N-dealkylation sites (N-methyl/N-ethyl adjacent to an activating group) is 1. The number of aryl methyl sites for hydroxylation is 1. The van der Waals surface area contributed by atoms with E-state index in [2.05, 4.69) is 5.32 Å². The lowest BCUT2D eigenvalue weighted by Crippen LogP contribution is -2.35. The van der Waals surface area contributed by atoms with Gasteiger partial charge in [0.1, 0.15) is 0 Å². The van der Waals surface area contributed by atoms with E-state index >= 15 is 0 Å². The Hall–Kier alpha value is -1.39. The second-order valence-corrected chi connectivity index (χ2v) is 4.71. The van der Waals surface area contributed by atoms with Crippen molar-refractivity contribution in [1.82, 2.24) is 10.2 Å². The van der Waals surface area contributed by atoms with Crippen molar-refractivity contribution in [3.63, 3.8) is 0 Å². The minimum Gasteiger partial charge on any atom is -0.387 e. The molecule has 106 valence electrons. The van der Waals surface area contributed by atoms with Gasteiger partial charge in [-0.2, -0.15) is 0 Å². The van der Waals surface area contributed by atoms with Gasteiger partial charge in [-0.15, -0.1) is 0 Å². The first-order valence-electron chi connectivity index (χ1n) is 6.75. The number of aliphatic hydroxyl groups is 1. The molecular weight excluding hydrogens is 240 g/mol. The number of hydrogen-bond acceptors (Lipinski definition) is 3. The van der Waals surface area contributed by atoms with E-state index in [0.717, 1.165) is 11.1 Å².